The number of carbonyl (C=O) groups is 2. The van der Waals surface area contributed by atoms with E-state index < -0.39 is 29.0 Å². The van der Waals surface area contributed by atoms with Gasteiger partial charge in [-0.15, -0.1) is 0 Å². The maximum absolute atomic E-state index is 13.3. The van der Waals surface area contributed by atoms with Gasteiger partial charge in [0.1, 0.15) is 5.71 Å². The molecule has 2 amide bonds. The van der Waals surface area contributed by atoms with Gasteiger partial charge in [0.25, 0.3) is 5.91 Å². The van der Waals surface area contributed by atoms with Crippen molar-refractivity contribution in [1.82, 2.24) is 5.43 Å². The highest BCUT2D eigenvalue weighted by Crippen LogP contribution is 2.19. The Morgan fingerprint density at radius 2 is 1.95 bits per heavy atom. The van der Waals surface area contributed by atoms with Crippen LogP contribution in [0.4, 0.5) is 18.9 Å². The number of nitrogens with one attached hydrogen (secondary N) is 2. The van der Waals surface area contributed by atoms with Crippen LogP contribution in [0.2, 0.25) is 0 Å². The van der Waals surface area contributed by atoms with Crippen LogP contribution in [-0.2, 0) is 9.59 Å². The van der Waals surface area contributed by atoms with Gasteiger partial charge in [-0.2, -0.15) is 5.10 Å². The van der Waals surface area contributed by atoms with Gasteiger partial charge < -0.3 is 5.32 Å². The molecule has 1 aromatic carbocycles. The molecular weight excluding hydrogens is 263 g/mol. The zero-order valence-electron chi connectivity index (χ0n) is 9.47. The number of halogens is 3. The van der Waals surface area contributed by atoms with E-state index in [1.54, 1.807) is 0 Å². The third-order valence-corrected chi connectivity index (χ3v) is 2.45. The average Bonchev–Trinajstić information content (AvgIpc) is 2.40. The highest BCUT2D eigenvalue weighted by atomic mass is 19.2. The SMILES string of the molecule is O=C1CCC(C(=O)Nc2ccc(F)c(F)c2F)=NN1. The third kappa shape index (κ3) is 2.72. The van der Waals surface area contributed by atoms with E-state index in [0.29, 0.717) is 6.07 Å². The van der Waals surface area contributed by atoms with Crippen molar-refractivity contribution < 1.29 is 22.8 Å². The van der Waals surface area contributed by atoms with Crippen molar-refractivity contribution in [3.8, 4) is 0 Å². The summed E-state index contributed by atoms with van der Waals surface area (Å²) in [5, 5.41) is 5.55. The van der Waals surface area contributed by atoms with E-state index in [-0.39, 0.29) is 24.5 Å². The maximum Gasteiger partial charge on any atom is 0.271 e. The molecule has 1 heterocycles. The summed E-state index contributed by atoms with van der Waals surface area (Å²) in [4.78, 5) is 22.5. The molecule has 0 bridgehead atoms. The minimum atomic E-state index is -1.67. The van der Waals surface area contributed by atoms with Gasteiger partial charge in [-0.1, -0.05) is 0 Å². The summed E-state index contributed by atoms with van der Waals surface area (Å²) in [5.41, 5.74) is 1.57. The molecule has 0 saturated heterocycles. The van der Waals surface area contributed by atoms with E-state index in [1.165, 1.54) is 0 Å². The lowest BCUT2D eigenvalue weighted by Gasteiger charge is -2.12. The summed E-state index contributed by atoms with van der Waals surface area (Å²) in [6.45, 7) is 0. The van der Waals surface area contributed by atoms with Gasteiger partial charge >= 0.3 is 0 Å². The smallest absolute Gasteiger partial charge is 0.271 e. The van der Waals surface area contributed by atoms with Crippen molar-refractivity contribution in [2.45, 2.75) is 12.8 Å². The highest BCUT2D eigenvalue weighted by Gasteiger charge is 2.21. The van der Waals surface area contributed by atoms with Gasteiger partial charge in [0.15, 0.2) is 17.5 Å². The van der Waals surface area contributed by atoms with Crippen molar-refractivity contribution in [3.05, 3.63) is 29.6 Å². The van der Waals surface area contributed by atoms with Crippen molar-refractivity contribution in [3.63, 3.8) is 0 Å². The van der Waals surface area contributed by atoms with Crippen LogP contribution in [0.1, 0.15) is 12.8 Å². The Bertz CT molecular complexity index is 587. The molecule has 0 aromatic heterocycles. The Morgan fingerprint density at radius 1 is 1.21 bits per heavy atom. The molecule has 2 N–H and O–H groups in total. The molecule has 1 aromatic rings. The van der Waals surface area contributed by atoms with E-state index in [0.717, 1.165) is 6.07 Å². The largest absolute Gasteiger partial charge is 0.318 e. The van der Waals surface area contributed by atoms with Crippen LogP contribution in [0.3, 0.4) is 0 Å². The van der Waals surface area contributed by atoms with Gasteiger partial charge in [0, 0.05) is 12.8 Å². The van der Waals surface area contributed by atoms with Gasteiger partial charge in [-0.25, -0.2) is 18.6 Å². The van der Waals surface area contributed by atoms with E-state index in [2.05, 4.69) is 15.8 Å². The Morgan fingerprint density at radius 3 is 2.58 bits per heavy atom. The fourth-order valence-electron chi connectivity index (χ4n) is 1.45. The van der Waals surface area contributed by atoms with Crippen LogP contribution < -0.4 is 10.7 Å². The summed E-state index contributed by atoms with van der Waals surface area (Å²) in [6, 6.07) is 1.59. The zero-order chi connectivity index (χ0) is 14.0. The first-order valence-corrected chi connectivity index (χ1v) is 5.29. The molecule has 0 saturated carbocycles. The fourth-order valence-corrected chi connectivity index (χ4v) is 1.45. The second-order valence-corrected chi connectivity index (χ2v) is 3.77. The molecule has 0 spiro atoms. The summed E-state index contributed by atoms with van der Waals surface area (Å²) in [5.74, 6) is -5.64. The fraction of sp³-hybridized carbons (Fsp3) is 0.182. The number of carbonyl (C=O) groups excluding carboxylic acids is 2. The lowest BCUT2D eigenvalue weighted by atomic mass is 10.1. The Hall–Kier alpha value is -2.38. The van der Waals surface area contributed by atoms with E-state index >= 15 is 0 Å². The molecule has 1 aliphatic rings. The number of hydrazone groups is 1. The van der Waals surface area contributed by atoms with Crippen molar-refractivity contribution in [1.29, 1.82) is 0 Å². The summed E-state index contributed by atoms with van der Waals surface area (Å²) >= 11 is 0. The lowest BCUT2D eigenvalue weighted by molar-refractivity contribution is -0.121. The first-order chi connectivity index (χ1) is 8.99. The minimum absolute atomic E-state index is 0.0243. The maximum atomic E-state index is 13.3. The van der Waals surface area contributed by atoms with Gasteiger partial charge in [0.05, 0.1) is 5.69 Å². The third-order valence-electron chi connectivity index (χ3n) is 2.45. The number of hydrogen-bond acceptors (Lipinski definition) is 3. The first-order valence-electron chi connectivity index (χ1n) is 5.29. The van der Waals surface area contributed by atoms with Crippen molar-refractivity contribution in [2.24, 2.45) is 5.10 Å². The molecule has 8 heteroatoms. The Labute approximate surface area is 105 Å². The number of nitrogens with zero attached hydrogens (tertiary/aromatic N) is 1. The summed E-state index contributed by atoms with van der Waals surface area (Å²) in [7, 11) is 0. The number of amides is 2. The molecule has 0 radical (unpaired) electrons. The quantitative estimate of drug-likeness (QED) is 0.796. The minimum Gasteiger partial charge on any atom is -0.318 e. The molecule has 19 heavy (non-hydrogen) atoms. The van der Waals surface area contributed by atoms with Crippen LogP contribution in [-0.4, -0.2) is 17.5 Å². The number of rotatable bonds is 2. The number of benzene rings is 1. The number of hydrogen-bond donors (Lipinski definition) is 2. The van der Waals surface area contributed by atoms with E-state index in [1.807, 2.05) is 0 Å². The van der Waals surface area contributed by atoms with Crippen LogP contribution in [0.5, 0.6) is 0 Å². The molecule has 0 unspecified atom stereocenters. The van der Waals surface area contributed by atoms with Crippen LogP contribution in [0.25, 0.3) is 0 Å². The topological polar surface area (TPSA) is 70.6 Å². The highest BCUT2D eigenvalue weighted by molar-refractivity contribution is 6.43. The molecule has 5 nitrogen and oxygen atoms in total. The van der Waals surface area contributed by atoms with Crippen molar-refractivity contribution >= 4 is 23.2 Å². The second kappa shape index (κ2) is 5.09. The predicted octanol–water partition coefficient (Wildman–Crippen LogP) is 1.31. The average molecular weight is 271 g/mol. The molecule has 0 aliphatic carbocycles. The van der Waals surface area contributed by atoms with Crippen molar-refractivity contribution in [2.75, 3.05) is 5.32 Å². The summed E-state index contributed by atoms with van der Waals surface area (Å²) in [6.07, 6.45) is 0.162. The van der Waals surface area contributed by atoms with Gasteiger partial charge in [-0.05, 0) is 12.1 Å². The molecule has 100 valence electrons. The lowest BCUT2D eigenvalue weighted by Crippen LogP contribution is -2.33. The van der Waals surface area contributed by atoms with E-state index in [4.69, 9.17) is 0 Å². The molecule has 2 rings (SSSR count). The monoisotopic (exact) mass is 271 g/mol. The van der Waals surface area contributed by atoms with Gasteiger partial charge in [-0.3, -0.25) is 9.59 Å². The summed E-state index contributed by atoms with van der Waals surface area (Å²) < 4.78 is 39.0. The van der Waals surface area contributed by atoms with Crippen LogP contribution in [0.15, 0.2) is 17.2 Å². The predicted molar refractivity (Wildman–Crippen MR) is 59.8 cm³/mol. The first kappa shape index (κ1) is 13.1. The molecular formula is C11H8F3N3O2. The zero-order valence-corrected chi connectivity index (χ0v) is 9.47. The van der Waals surface area contributed by atoms with E-state index in [9.17, 15) is 22.8 Å². The normalized spacial score (nSPS) is 14.7. The standard InChI is InChI=1S/C11H8F3N3O2/c12-5-1-2-6(10(14)9(5)13)15-11(19)7-3-4-8(18)17-16-7/h1-2H,3-4H2,(H,15,19)(H,17,18). The molecule has 1 aliphatic heterocycles. The Balaban J connectivity index is 2.16. The molecule has 0 atom stereocenters. The second-order valence-electron chi connectivity index (χ2n) is 3.77. The molecule has 0 fully saturated rings. The van der Waals surface area contributed by atoms with Crippen LogP contribution >= 0.6 is 0 Å². The number of anilines is 1. The van der Waals surface area contributed by atoms with Crippen LogP contribution in [0, 0.1) is 17.5 Å². The van der Waals surface area contributed by atoms with Gasteiger partial charge in [0.2, 0.25) is 5.91 Å². The Kier molecular flexibility index (Phi) is 3.50.